The molecule has 0 amide bonds. The van der Waals surface area contributed by atoms with Gasteiger partial charge in [-0.25, -0.2) is 0 Å². The van der Waals surface area contributed by atoms with Crippen molar-refractivity contribution in [1.82, 2.24) is 15.5 Å². The van der Waals surface area contributed by atoms with Crippen molar-refractivity contribution < 1.29 is 9.26 Å². The molecule has 1 saturated carbocycles. The average Bonchev–Trinajstić information content (AvgIpc) is 2.91. The lowest BCUT2D eigenvalue weighted by Gasteiger charge is -2.41. The number of aromatic nitrogens is 2. The van der Waals surface area contributed by atoms with Gasteiger partial charge in [0.2, 0.25) is 11.7 Å². The van der Waals surface area contributed by atoms with E-state index in [0.29, 0.717) is 36.8 Å². The number of rotatable bonds is 6. The van der Waals surface area contributed by atoms with Gasteiger partial charge in [-0.3, -0.25) is 5.32 Å². The Morgan fingerprint density at radius 1 is 1.33 bits per heavy atom. The number of ether oxygens (including phenoxy) is 1. The normalized spacial score (nSPS) is 20.1. The number of nitrogens with one attached hydrogen (secondary N) is 1. The van der Waals surface area contributed by atoms with Gasteiger partial charge in [-0.05, 0) is 38.0 Å². The summed E-state index contributed by atoms with van der Waals surface area (Å²) in [7, 11) is 0. The van der Waals surface area contributed by atoms with E-state index < -0.39 is 5.60 Å². The zero-order chi connectivity index (χ0) is 15.3. The molecular weight excluding hydrogens is 266 g/mol. The third-order valence-corrected chi connectivity index (χ3v) is 4.21. The maximum absolute atomic E-state index is 6.05. The molecule has 0 saturated heterocycles. The van der Waals surface area contributed by atoms with Crippen molar-refractivity contribution in [2.75, 3.05) is 13.2 Å². The first kappa shape index (κ1) is 16.0. The summed E-state index contributed by atoms with van der Waals surface area (Å²) < 4.78 is 11.4. The van der Waals surface area contributed by atoms with Crippen LogP contribution in [0.15, 0.2) is 4.52 Å². The van der Waals surface area contributed by atoms with E-state index in [0.717, 1.165) is 25.7 Å². The molecule has 1 fully saturated rings. The minimum absolute atomic E-state index is 0.363. The van der Waals surface area contributed by atoms with Crippen LogP contribution in [0.1, 0.15) is 58.2 Å². The van der Waals surface area contributed by atoms with E-state index >= 15 is 0 Å². The van der Waals surface area contributed by atoms with Gasteiger partial charge in [0, 0.05) is 6.61 Å². The van der Waals surface area contributed by atoms with Crippen LogP contribution in [-0.2, 0) is 16.9 Å². The smallest absolute Gasteiger partial charge is 0.240 e. The summed E-state index contributed by atoms with van der Waals surface area (Å²) in [5.74, 6) is 3.76. The van der Waals surface area contributed by atoms with Gasteiger partial charge in [0.1, 0.15) is 5.60 Å². The fourth-order valence-electron chi connectivity index (χ4n) is 2.79. The minimum Gasteiger partial charge on any atom is -0.367 e. The van der Waals surface area contributed by atoms with Crippen LogP contribution >= 0.6 is 0 Å². The first-order valence-corrected chi connectivity index (χ1v) is 7.62. The summed E-state index contributed by atoms with van der Waals surface area (Å²) in [5.41, 5.74) is -0.0281. The molecule has 116 valence electrons. The van der Waals surface area contributed by atoms with Gasteiger partial charge in [0.15, 0.2) is 0 Å². The lowest BCUT2D eigenvalue weighted by molar-refractivity contribution is -0.0957. The average molecular weight is 291 g/mol. The molecule has 0 unspecified atom stereocenters. The molecule has 1 N–H and O–H groups in total. The Labute approximate surface area is 126 Å². The lowest BCUT2D eigenvalue weighted by Crippen LogP contribution is -2.38. The second kappa shape index (κ2) is 6.59. The Balaban J connectivity index is 2.10. The van der Waals surface area contributed by atoms with Gasteiger partial charge < -0.3 is 9.26 Å². The van der Waals surface area contributed by atoms with E-state index in [-0.39, 0.29) is 0 Å². The summed E-state index contributed by atoms with van der Waals surface area (Å²) in [6.07, 6.45) is 9.28. The molecule has 0 aromatic carbocycles. The predicted octanol–water partition coefficient (Wildman–Crippen LogP) is 2.62. The lowest BCUT2D eigenvalue weighted by atomic mass is 9.70. The van der Waals surface area contributed by atoms with E-state index in [1.807, 2.05) is 6.92 Å². The van der Waals surface area contributed by atoms with Crippen LogP contribution in [0.4, 0.5) is 0 Å². The molecule has 1 heterocycles. The Morgan fingerprint density at radius 3 is 2.67 bits per heavy atom. The summed E-state index contributed by atoms with van der Waals surface area (Å²) >= 11 is 0. The van der Waals surface area contributed by atoms with Gasteiger partial charge in [-0.1, -0.05) is 24.9 Å². The van der Waals surface area contributed by atoms with E-state index in [9.17, 15) is 0 Å². The van der Waals surface area contributed by atoms with Gasteiger partial charge in [-0.2, -0.15) is 4.98 Å². The summed E-state index contributed by atoms with van der Waals surface area (Å²) in [6.45, 7) is 8.24. The molecule has 1 aromatic heterocycles. The van der Waals surface area contributed by atoms with Crippen LogP contribution in [0.25, 0.3) is 0 Å². The molecule has 0 atom stereocenters. The largest absolute Gasteiger partial charge is 0.367 e. The van der Waals surface area contributed by atoms with E-state index in [4.69, 9.17) is 15.7 Å². The van der Waals surface area contributed by atoms with Crippen LogP contribution < -0.4 is 5.32 Å². The SMILES string of the molecule is C#CCNCc1nc(C2(OCC)CCC(C)(C)CC2)no1. The molecule has 0 radical (unpaired) electrons. The maximum Gasteiger partial charge on any atom is 0.240 e. The Kier molecular flexibility index (Phi) is 5.02. The predicted molar refractivity (Wildman–Crippen MR) is 80.4 cm³/mol. The Morgan fingerprint density at radius 2 is 2.05 bits per heavy atom. The quantitative estimate of drug-likeness (QED) is 0.645. The Bertz CT molecular complexity index is 492. The van der Waals surface area contributed by atoms with Gasteiger partial charge >= 0.3 is 0 Å². The highest BCUT2D eigenvalue weighted by Crippen LogP contribution is 2.46. The first-order valence-electron chi connectivity index (χ1n) is 7.62. The van der Waals surface area contributed by atoms with E-state index in [1.165, 1.54) is 0 Å². The van der Waals surface area contributed by atoms with Crippen LogP contribution in [0.5, 0.6) is 0 Å². The minimum atomic E-state index is -0.391. The number of nitrogens with zero attached hydrogens (tertiary/aromatic N) is 2. The van der Waals surface area contributed by atoms with Crippen molar-refractivity contribution in [3.8, 4) is 12.3 Å². The van der Waals surface area contributed by atoms with Crippen LogP contribution in [-0.4, -0.2) is 23.3 Å². The molecule has 5 heteroatoms. The van der Waals surface area contributed by atoms with Gasteiger partial charge in [0.05, 0.1) is 13.1 Å². The van der Waals surface area contributed by atoms with Crippen molar-refractivity contribution in [3.63, 3.8) is 0 Å². The zero-order valence-electron chi connectivity index (χ0n) is 13.2. The maximum atomic E-state index is 6.05. The molecule has 0 bridgehead atoms. The fourth-order valence-corrected chi connectivity index (χ4v) is 2.79. The highest BCUT2D eigenvalue weighted by atomic mass is 16.5. The number of hydrogen-bond acceptors (Lipinski definition) is 5. The van der Waals surface area contributed by atoms with Crippen molar-refractivity contribution in [1.29, 1.82) is 0 Å². The van der Waals surface area contributed by atoms with Gasteiger partial charge in [0.25, 0.3) is 0 Å². The molecule has 0 aliphatic heterocycles. The van der Waals surface area contributed by atoms with Gasteiger partial charge in [-0.15, -0.1) is 6.42 Å². The van der Waals surface area contributed by atoms with Crippen molar-refractivity contribution in [2.24, 2.45) is 5.41 Å². The second-order valence-corrected chi connectivity index (χ2v) is 6.41. The third-order valence-electron chi connectivity index (χ3n) is 4.21. The molecular formula is C16H25N3O2. The summed E-state index contributed by atoms with van der Waals surface area (Å²) in [5, 5.41) is 7.21. The molecule has 21 heavy (non-hydrogen) atoms. The van der Waals surface area contributed by atoms with Crippen LogP contribution in [0.3, 0.4) is 0 Å². The first-order chi connectivity index (χ1) is 10.0. The molecule has 2 rings (SSSR count). The van der Waals surface area contributed by atoms with Crippen LogP contribution in [0.2, 0.25) is 0 Å². The molecule has 1 aliphatic rings. The topological polar surface area (TPSA) is 60.2 Å². The number of terminal acetylenes is 1. The van der Waals surface area contributed by atoms with Crippen molar-refractivity contribution in [2.45, 2.75) is 58.6 Å². The summed E-state index contributed by atoms with van der Waals surface area (Å²) in [4.78, 5) is 4.51. The molecule has 1 aromatic rings. The highest BCUT2D eigenvalue weighted by molar-refractivity contribution is 5.05. The fraction of sp³-hybridized carbons (Fsp3) is 0.750. The highest BCUT2D eigenvalue weighted by Gasteiger charge is 2.43. The van der Waals surface area contributed by atoms with Crippen LogP contribution in [0, 0.1) is 17.8 Å². The van der Waals surface area contributed by atoms with Crippen molar-refractivity contribution >= 4 is 0 Å². The summed E-state index contributed by atoms with van der Waals surface area (Å²) in [6, 6.07) is 0. The van der Waals surface area contributed by atoms with E-state index in [2.05, 4.69) is 35.2 Å². The molecule has 5 nitrogen and oxygen atoms in total. The Hall–Kier alpha value is -1.38. The molecule has 1 aliphatic carbocycles. The van der Waals surface area contributed by atoms with E-state index in [1.54, 1.807) is 0 Å². The third kappa shape index (κ3) is 3.84. The molecule has 0 spiro atoms. The second-order valence-electron chi connectivity index (χ2n) is 6.41. The zero-order valence-corrected chi connectivity index (χ0v) is 13.2. The van der Waals surface area contributed by atoms with Crippen molar-refractivity contribution in [3.05, 3.63) is 11.7 Å². The standard InChI is InChI=1S/C16H25N3O2/c1-5-11-17-12-13-18-14(19-21-13)16(20-6-2)9-7-15(3,4)8-10-16/h1,17H,6-12H2,2-4H3. The monoisotopic (exact) mass is 291 g/mol. The number of hydrogen-bond donors (Lipinski definition) is 1.